The quantitative estimate of drug-likeness (QED) is 0.889. The van der Waals surface area contributed by atoms with E-state index in [2.05, 4.69) is 43.4 Å². The van der Waals surface area contributed by atoms with E-state index in [4.69, 9.17) is 0 Å². The van der Waals surface area contributed by atoms with Gasteiger partial charge < -0.3 is 10.4 Å². The van der Waals surface area contributed by atoms with Gasteiger partial charge in [0.2, 0.25) is 0 Å². The molecule has 0 aliphatic rings. The standard InChI is InChI=1S/C15H19NO.ClH/c1-11(2)16-10-15(17)14-8-7-12-5-3-4-6-13(12)9-14;/h3-9,11,15-17H,10H2,1-2H3;1H. The molecule has 0 aromatic heterocycles. The molecule has 1 atom stereocenters. The molecule has 0 radical (unpaired) electrons. The molecule has 1 unspecified atom stereocenters. The van der Waals surface area contributed by atoms with Gasteiger partial charge in [0, 0.05) is 12.6 Å². The molecule has 0 heterocycles. The van der Waals surface area contributed by atoms with Crippen LogP contribution in [0, 0.1) is 0 Å². The number of aliphatic hydroxyl groups excluding tert-OH is 1. The first-order chi connectivity index (χ1) is 8.16. The first-order valence-corrected chi connectivity index (χ1v) is 6.07. The molecule has 2 nitrogen and oxygen atoms in total. The van der Waals surface area contributed by atoms with E-state index in [0.717, 1.165) is 5.56 Å². The van der Waals surface area contributed by atoms with Crippen LogP contribution in [0.4, 0.5) is 0 Å². The highest BCUT2D eigenvalue weighted by Gasteiger charge is 2.08. The van der Waals surface area contributed by atoms with Crippen molar-refractivity contribution in [1.82, 2.24) is 5.32 Å². The molecule has 0 aliphatic heterocycles. The predicted molar refractivity (Wildman–Crippen MR) is 79.3 cm³/mol. The van der Waals surface area contributed by atoms with Crippen LogP contribution in [0.3, 0.4) is 0 Å². The van der Waals surface area contributed by atoms with E-state index in [1.54, 1.807) is 0 Å². The number of aliphatic hydroxyl groups is 1. The van der Waals surface area contributed by atoms with Gasteiger partial charge in [0.25, 0.3) is 0 Å². The second-order valence-electron chi connectivity index (χ2n) is 4.69. The maximum Gasteiger partial charge on any atom is 0.0914 e. The summed E-state index contributed by atoms with van der Waals surface area (Å²) in [5, 5.41) is 15.7. The Balaban J connectivity index is 0.00000162. The van der Waals surface area contributed by atoms with E-state index in [1.807, 2.05) is 18.2 Å². The predicted octanol–water partition coefficient (Wildman–Crippen LogP) is 3.29. The Bertz CT molecular complexity index is 499. The normalized spacial score (nSPS) is 12.4. The van der Waals surface area contributed by atoms with Gasteiger partial charge in [0.1, 0.15) is 0 Å². The van der Waals surface area contributed by atoms with Crippen LogP contribution in [0.2, 0.25) is 0 Å². The van der Waals surface area contributed by atoms with Gasteiger partial charge in [-0.2, -0.15) is 0 Å². The van der Waals surface area contributed by atoms with Crippen molar-refractivity contribution < 1.29 is 5.11 Å². The van der Waals surface area contributed by atoms with Crippen LogP contribution in [-0.4, -0.2) is 17.7 Å². The van der Waals surface area contributed by atoms with Crippen LogP contribution in [0.1, 0.15) is 25.5 Å². The summed E-state index contributed by atoms with van der Waals surface area (Å²) in [5.41, 5.74) is 0.969. The maximum atomic E-state index is 10.1. The minimum Gasteiger partial charge on any atom is -0.387 e. The van der Waals surface area contributed by atoms with Gasteiger partial charge in [-0.05, 0) is 22.4 Å². The maximum absolute atomic E-state index is 10.1. The third-order valence-electron chi connectivity index (χ3n) is 2.88. The molecule has 0 aliphatic carbocycles. The summed E-state index contributed by atoms with van der Waals surface area (Å²) < 4.78 is 0. The van der Waals surface area contributed by atoms with Gasteiger partial charge in [-0.3, -0.25) is 0 Å². The van der Waals surface area contributed by atoms with Crippen LogP contribution in [0.25, 0.3) is 10.8 Å². The molecule has 0 spiro atoms. The van der Waals surface area contributed by atoms with Crippen LogP contribution in [-0.2, 0) is 0 Å². The van der Waals surface area contributed by atoms with E-state index < -0.39 is 6.10 Å². The number of benzene rings is 2. The Morgan fingerprint density at radius 1 is 1.06 bits per heavy atom. The summed E-state index contributed by atoms with van der Waals surface area (Å²) in [4.78, 5) is 0. The van der Waals surface area contributed by atoms with Crippen LogP contribution >= 0.6 is 12.4 Å². The Kier molecular flexibility index (Phi) is 5.60. The van der Waals surface area contributed by atoms with Crippen molar-refractivity contribution in [2.75, 3.05) is 6.54 Å². The molecule has 0 amide bonds. The first kappa shape index (κ1) is 15.0. The fourth-order valence-electron chi connectivity index (χ4n) is 1.88. The lowest BCUT2D eigenvalue weighted by Gasteiger charge is -2.15. The topological polar surface area (TPSA) is 32.3 Å². The van der Waals surface area contributed by atoms with E-state index in [9.17, 15) is 5.11 Å². The molecule has 0 saturated heterocycles. The zero-order valence-electron chi connectivity index (χ0n) is 10.8. The van der Waals surface area contributed by atoms with E-state index in [-0.39, 0.29) is 12.4 Å². The average Bonchev–Trinajstić information content (AvgIpc) is 2.35. The van der Waals surface area contributed by atoms with Gasteiger partial charge in [-0.25, -0.2) is 0 Å². The summed E-state index contributed by atoms with van der Waals surface area (Å²) in [7, 11) is 0. The first-order valence-electron chi connectivity index (χ1n) is 6.07. The summed E-state index contributed by atoms with van der Waals surface area (Å²) in [6.45, 7) is 4.75. The summed E-state index contributed by atoms with van der Waals surface area (Å²) in [6, 6.07) is 14.7. The Hall–Kier alpha value is -1.09. The molecule has 3 heteroatoms. The van der Waals surface area contributed by atoms with Crippen LogP contribution in [0.15, 0.2) is 42.5 Å². The second-order valence-corrected chi connectivity index (χ2v) is 4.69. The number of hydrogen-bond acceptors (Lipinski definition) is 2. The smallest absolute Gasteiger partial charge is 0.0914 e. The number of nitrogens with one attached hydrogen (secondary N) is 1. The van der Waals surface area contributed by atoms with Crippen molar-refractivity contribution in [3.63, 3.8) is 0 Å². The van der Waals surface area contributed by atoms with Crippen molar-refractivity contribution in [3.05, 3.63) is 48.0 Å². The van der Waals surface area contributed by atoms with Gasteiger partial charge in [-0.15, -0.1) is 12.4 Å². The highest BCUT2D eigenvalue weighted by molar-refractivity contribution is 5.85. The third-order valence-corrected chi connectivity index (χ3v) is 2.88. The molecule has 98 valence electrons. The average molecular weight is 266 g/mol. The SMILES string of the molecule is CC(C)NCC(O)c1ccc2ccccc2c1.Cl. The van der Waals surface area contributed by atoms with E-state index >= 15 is 0 Å². The van der Waals surface area contributed by atoms with Crippen molar-refractivity contribution in [2.24, 2.45) is 0 Å². The minimum absolute atomic E-state index is 0. The molecular weight excluding hydrogens is 246 g/mol. The fourth-order valence-corrected chi connectivity index (χ4v) is 1.88. The molecule has 0 fully saturated rings. The van der Waals surface area contributed by atoms with Gasteiger partial charge in [0.15, 0.2) is 0 Å². The molecular formula is C15H20ClNO. The highest BCUT2D eigenvalue weighted by atomic mass is 35.5. The van der Waals surface area contributed by atoms with Gasteiger partial charge in [0.05, 0.1) is 6.10 Å². The lowest BCUT2D eigenvalue weighted by Crippen LogP contribution is -2.27. The van der Waals surface area contributed by atoms with Crippen LogP contribution in [0.5, 0.6) is 0 Å². The second kappa shape index (κ2) is 6.74. The number of rotatable bonds is 4. The molecule has 0 bridgehead atoms. The summed E-state index contributed by atoms with van der Waals surface area (Å²) >= 11 is 0. The van der Waals surface area contributed by atoms with E-state index in [1.165, 1.54) is 10.8 Å². The highest BCUT2D eigenvalue weighted by Crippen LogP contribution is 2.20. The van der Waals surface area contributed by atoms with Crippen LogP contribution < -0.4 is 5.32 Å². The monoisotopic (exact) mass is 265 g/mol. The molecule has 2 aromatic carbocycles. The van der Waals surface area contributed by atoms with Crippen molar-refractivity contribution in [1.29, 1.82) is 0 Å². The Morgan fingerprint density at radius 2 is 1.72 bits per heavy atom. The number of hydrogen-bond donors (Lipinski definition) is 2. The third kappa shape index (κ3) is 3.70. The molecule has 2 aromatic rings. The lowest BCUT2D eigenvalue weighted by molar-refractivity contribution is 0.172. The van der Waals surface area contributed by atoms with E-state index in [0.29, 0.717) is 12.6 Å². The minimum atomic E-state index is -0.443. The zero-order valence-corrected chi connectivity index (χ0v) is 11.6. The summed E-state index contributed by atoms with van der Waals surface area (Å²) in [5.74, 6) is 0. The van der Waals surface area contributed by atoms with Crippen molar-refractivity contribution in [2.45, 2.75) is 26.0 Å². The van der Waals surface area contributed by atoms with Gasteiger partial charge >= 0.3 is 0 Å². The van der Waals surface area contributed by atoms with Gasteiger partial charge in [-0.1, -0.05) is 50.2 Å². The molecule has 18 heavy (non-hydrogen) atoms. The molecule has 2 rings (SSSR count). The largest absolute Gasteiger partial charge is 0.387 e. The molecule has 2 N–H and O–H groups in total. The molecule has 0 saturated carbocycles. The Labute approximate surface area is 114 Å². The van der Waals surface area contributed by atoms with Crippen molar-refractivity contribution >= 4 is 23.2 Å². The lowest BCUT2D eigenvalue weighted by atomic mass is 10.0. The van der Waals surface area contributed by atoms with Crippen molar-refractivity contribution in [3.8, 4) is 0 Å². The Morgan fingerprint density at radius 3 is 2.39 bits per heavy atom. The zero-order chi connectivity index (χ0) is 12.3. The fraction of sp³-hybridized carbons (Fsp3) is 0.333. The summed E-state index contributed by atoms with van der Waals surface area (Å²) in [6.07, 6.45) is -0.443. The number of halogens is 1. The number of fused-ring (bicyclic) bond motifs is 1.